The van der Waals surface area contributed by atoms with Crippen LogP contribution >= 0.6 is 11.3 Å². The Hall–Kier alpha value is -1.10. The van der Waals surface area contributed by atoms with Gasteiger partial charge < -0.3 is 11.1 Å². The number of aromatic nitrogens is 1. The van der Waals surface area contributed by atoms with Crippen LogP contribution < -0.4 is 11.1 Å². The van der Waals surface area contributed by atoms with Gasteiger partial charge in [-0.1, -0.05) is 6.92 Å². The molecule has 0 saturated heterocycles. The van der Waals surface area contributed by atoms with Gasteiger partial charge in [0.25, 0.3) is 0 Å². The van der Waals surface area contributed by atoms with Crippen molar-refractivity contribution in [3.8, 4) is 0 Å². The average molecular weight is 226 g/mol. The maximum Gasteiger partial charge on any atom is 0.188 e. The summed E-state index contributed by atoms with van der Waals surface area (Å²) in [6, 6.07) is 0. The van der Waals surface area contributed by atoms with Gasteiger partial charge in [0.15, 0.2) is 5.96 Å². The van der Waals surface area contributed by atoms with E-state index in [1.165, 1.54) is 4.88 Å². The summed E-state index contributed by atoms with van der Waals surface area (Å²) in [4.78, 5) is 9.84. The van der Waals surface area contributed by atoms with E-state index in [4.69, 9.17) is 5.73 Å². The fourth-order valence-corrected chi connectivity index (χ4v) is 1.99. The summed E-state index contributed by atoms with van der Waals surface area (Å²) < 4.78 is 0. The molecule has 0 amide bonds. The molecule has 4 nitrogen and oxygen atoms in total. The predicted octanol–water partition coefficient (Wildman–Crippen LogP) is 1.17. The molecule has 0 spiro atoms. The van der Waals surface area contributed by atoms with Gasteiger partial charge in [0.2, 0.25) is 0 Å². The molecule has 1 heterocycles. The van der Waals surface area contributed by atoms with E-state index < -0.39 is 0 Å². The molecule has 0 saturated carbocycles. The molecule has 0 aromatic carbocycles. The number of aliphatic imine (C=N–C) groups is 1. The average Bonchev–Trinajstić information content (AvgIpc) is 2.66. The van der Waals surface area contributed by atoms with Crippen molar-refractivity contribution in [2.45, 2.75) is 26.7 Å². The summed E-state index contributed by atoms with van der Waals surface area (Å²) in [5, 5.41) is 4.10. The highest BCUT2D eigenvalue weighted by Crippen LogP contribution is 2.13. The third kappa shape index (κ3) is 4.29. The van der Waals surface area contributed by atoms with Crippen molar-refractivity contribution >= 4 is 17.3 Å². The van der Waals surface area contributed by atoms with Crippen molar-refractivity contribution in [3.63, 3.8) is 0 Å². The summed E-state index contributed by atoms with van der Waals surface area (Å²) >= 11 is 1.76. The summed E-state index contributed by atoms with van der Waals surface area (Å²) in [6.07, 6.45) is 3.87. The van der Waals surface area contributed by atoms with E-state index in [9.17, 15) is 0 Å². The third-order valence-electron chi connectivity index (χ3n) is 1.92. The Balaban J connectivity index is 2.33. The summed E-state index contributed by atoms with van der Waals surface area (Å²) in [5.41, 5.74) is 5.60. The molecule has 0 radical (unpaired) electrons. The topological polar surface area (TPSA) is 63.3 Å². The standard InChI is InChI=1S/C10H18N4S/c1-3-8-7-14-9(15-8)5-6-13-10(11)12-4-2/h7H,3-6H2,1-2H3,(H3,11,12,13). The van der Waals surface area contributed by atoms with Crippen molar-refractivity contribution in [1.29, 1.82) is 0 Å². The summed E-state index contributed by atoms with van der Waals surface area (Å²) in [5.74, 6) is 0.518. The van der Waals surface area contributed by atoms with Crippen LogP contribution in [-0.2, 0) is 12.8 Å². The van der Waals surface area contributed by atoms with E-state index in [1.54, 1.807) is 11.3 Å². The van der Waals surface area contributed by atoms with Gasteiger partial charge in [0, 0.05) is 30.6 Å². The van der Waals surface area contributed by atoms with Crippen LogP contribution in [0.15, 0.2) is 11.2 Å². The number of hydrogen-bond acceptors (Lipinski definition) is 3. The molecule has 1 rings (SSSR count). The second-order valence-electron chi connectivity index (χ2n) is 3.12. The quantitative estimate of drug-likeness (QED) is 0.585. The second-order valence-corrected chi connectivity index (χ2v) is 4.32. The van der Waals surface area contributed by atoms with E-state index >= 15 is 0 Å². The molecule has 3 N–H and O–H groups in total. The zero-order valence-electron chi connectivity index (χ0n) is 9.29. The SMILES string of the molecule is CCNC(N)=NCCc1ncc(CC)s1. The van der Waals surface area contributed by atoms with Gasteiger partial charge in [0.05, 0.1) is 5.01 Å². The number of nitrogens with zero attached hydrogens (tertiary/aromatic N) is 2. The van der Waals surface area contributed by atoms with E-state index in [0.717, 1.165) is 24.4 Å². The molecule has 1 aromatic rings. The first-order chi connectivity index (χ1) is 7.26. The first-order valence-electron chi connectivity index (χ1n) is 5.23. The number of hydrogen-bond donors (Lipinski definition) is 2. The van der Waals surface area contributed by atoms with Crippen LogP contribution in [-0.4, -0.2) is 24.0 Å². The normalized spacial score (nSPS) is 11.7. The molecule has 84 valence electrons. The van der Waals surface area contributed by atoms with Gasteiger partial charge in [-0.25, -0.2) is 4.98 Å². The number of nitrogens with two attached hydrogens (primary N) is 1. The van der Waals surface area contributed by atoms with E-state index in [-0.39, 0.29) is 0 Å². The lowest BCUT2D eigenvalue weighted by molar-refractivity contribution is 0.900. The molecule has 0 atom stereocenters. The number of rotatable bonds is 5. The Morgan fingerprint density at radius 3 is 3.00 bits per heavy atom. The van der Waals surface area contributed by atoms with Crippen LogP contribution in [0.3, 0.4) is 0 Å². The van der Waals surface area contributed by atoms with Crippen molar-refractivity contribution in [1.82, 2.24) is 10.3 Å². The largest absolute Gasteiger partial charge is 0.370 e. The molecule has 0 unspecified atom stereocenters. The number of guanidine groups is 1. The van der Waals surface area contributed by atoms with Gasteiger partial charge in [-0.15, -0.1) is 11.3 Å². The van der Waals surface area contributed by atoms with Gasteiger partial charge >= 0.3 is 0 Å². The molecule has 0 fully saturated rings. The molecule has 15 heavy (non-hydrogen) atoms. The monoisotopic (exact) mass is 226 g/mol. The second kappa shape index (κ2) is 6.40. The van der Waals surface area contributed by atoms with Gasteiger partial charge in [-0.2, -0.15) is 0 Å². The Morgan fingerprint density at radius 1 is 1.60 bits per heavy atom. The van der Waals surface area contributed by atoms with E-state index in [1.807, 2.05) is 13.1 Å². The Labute approximate surface area is 94.6 Å². The lowest BCUT2D eigenvalue weighted by Gasteiger charge is -2.00. The number of nitrogens with one attached hydrogen (secondary N) is 1. The highest BCUT2D eigenvalue weighted by atomic mass is 32.1. The minimum atomic E-state index is 0.518. The van der Waals surface area contributed by atoms with Crippen LogP contribution in [0.25, 0.3) is 0 Å². The minimum Gasteiger partial charge on any atom is -0.370 e. The molecule has 0 bridgehead atoms. The lowest BCUT2D eigenvalue weighted by atomic mass is 10.4. The van der Waals surface area contributed by atoms with Crippen molar-refractivity contribution in [2.75, 3.05) is 13.1 Å². The van der Waals surface area contributed by atoms with Crippen LogP contribution in [0, 0.1) is 0 Å². The summed E-state index contributed by atoms with van der Waals surface area (Å²) in [7, 11) is 0. The highest BCUT2D eigenvalue weighted by Gasteiger charge is 1.99. The number of aryl methyl sites for hydroxylation is 1. The number of thiazole rings is 1. The van der Waals surface area contributed by atoms with Crippen LogP contribution in [0.4, 0.5) is 0 Å². The van der Waals surface area contributed by atoms with Gasteiger partial charge in [0.1, 0.15) is 0 Å². The molecular formula is C10H18N4S. The highest BCUT2D eigenvalue weighted by molar-refractivity contribution is 7.11. The van der Waals surface area contributed by atoms with Crippen molar-refractivity contribution < 1.29 is 0 Å². The molecule has 0 aliphatic heterocycles. The lowest BCUT2D eigenvalue weighted by Crippen LogP contribution is -2.31. The Bertz CT molecular complexity index is 319. The fraction of sp³-hybridized carbons (Fsp3) is 0.600. The fourth-order valence-electron chi connectivity index (χ4n) is 1.14. The predicted molar refractivity (Wildman–Crippen MR) is 65.4 cm³/mol. The molecule has 1 aromatic heterocycles. The van der Waals surface area contributed by atoms with Crippen LogP contribution in [0.1, 0.15) is 23.7 Å². The van der Waals surface area contributed by atoms with E-state index in [2.05, 4.69) is 22.2 Å². The molecule has 5 heteroatoms. The zero-order valence-corrected chi connectivity index (χ0v) is 10.1. The molecule has 0 aliphatic rings. The first kappa shape index (κ1) is 12.0. The maximum absolute atomic E-state index is 5.60. The van der Waals surface area contributed by atoms with Crippen LogP contribution in [0.2, 0.25) is 0 Å². The summed E-state index contributed by atoms with van der Waals surface area (Å²) in [6.45, 7) is 5.65. The van der Waals surface area contributed by atoms with Gasteiger partial charge in [-0.3, -0.25) is 4.99 Å². The van der Waals surface area contributed by atoms with E-state index in [0.29, 0.717) is 12.5 Å². The third-order valence-corrected chi connectivity index (χ3v) is 3.12. The Kier molecular flexibility index (Phi) is 5.10. The van der Waals surface area contributed by atoms with Crippen LogP contribution in [0.5, 0.6) is 0 Å². The van der Waals surface area contributed by atoms with Crippen molar-refractivity contribution in [3.05, 3.63) is 16.1 Å². The van der Waals surface area contributed by atoms with Gasteiger partial charge in [-0.05, 0) is 13.3 Å². The first-order valence-corrected chi connectivity index (χ1v) is 6.05. The maximum atomic E-state index is 5.60. The minimum absolute atomic E-state index is 0.518. The molecular weight excluding hydrogens is 208 g/mol. The zero-order chi connectivity index (χ0) is 11.1. The Morgan fingerprint density at radius 2 is 2.40 bits per heavy atom. The smallest absolute Gasteiger partial charge is 0.188 e. The molecule has 0 aliphatic carbocycles. The van der Waals surface area contributed by atoms with Crippen molar-refractivity contribution in [2.24, 2.45) is 10.7 Å².